The number of aryl methyl sites for hydroxylation is 3. The summed E-state index contributed by atoms with van der Waals surface area (Å²) in [4.78, 5) is 12.3. The van der Waals surface area contributed by atoms with Gasteiger partial charge in [0.15, 0.2) is 17.3 Å². The third-order valence-corrected chi connectivity index (χ3v) is 5.68. The largest absolute Gasteiger partial charge is 0.382 e. The van der Waals surface area contributed by atoms with E-state index in [0.717, 1.165) is 27.1 Å². The van der Waals surface area contributed by atoms with Crippen molar-refractivity contribution in [2.45, 2.75) is 80.1 Å². The first-order valence-corrected chi connectivity index (χ1v) is 11.5. The first-order valence-electron chi connectivity index (χ1n) is 11.5. The van der Waals surface area contributed by atoms with Gasteiger partial charge in [-0.2, -0.15) is 20.1 Å². The summed E-state index contributed by atoms with van der Waals surface area (Å²) in [6, 6.07) is 6.32. The number of anilines is 1. The Morgan fingerprint density at radius 3 is 1.97 bits per heavy atom. The van der Waals surface area contributed by atoms with Crippen LogP contribution in [0.5, 0.6) is 0 Å². The van der Waals surface area contributed by atoms with Crippen LogP contribution in [-0.2, 0) is 10.8 Å². The molecule has 0 unspecified atom stereocenters. The van der Waals surface area contributed by atoms with Crippen LogP contribution in [0.2, 0.25) is 0 Å². The van der Waals surface area contributed by atoms with E-state index in [1.807, 2.05) is 62.3 Å². The molecule has 184 valence electrons. The van der Waals surface area contributed by atoms with Gasteiger partial charge in [0.2, 0.25) is 5.91 Å². The van der Waals surface area contributed by atoms with Crippen LogP contribution in [0.3, 0.4) is 0 Å². The lowest BCUT2D eigenvalue weighted by Gasteiger charge is -2.16. The molecule has 3 aromatic rings. The monoisotopic (exact) mass is 474 g/mol. The van der Waals surface area contributed by atoms with Gasteiger partial charge in [-0.1, -0.05) is 59.2 Å². The van der Waals surface area contributed by atoms with Crippen LogP contribution in [0.1, 0.15) is 86.9 Å². The fourth-order valence-electron chi connectivity index (χ4n) is 4.15. The molecule has 0 bridgehead atoms. The molecule has 0 atom stereocenters. The minimum Gasteiger partial charge on any atom is -0.382 e. The molecule has 0 spiro atoms. The zero-order valence-corrected chi connectivity index (χ0v) is 22.3. The van der Waals surface area contributed by atoms with Gasteiger partial charge >= 0.3 is 0 Å². The standard InChI is InChI=1S/C26H34N8O/c1-14-11-15(2)20(16(3)12-14)34-23(28)19(22(32-34)26(8,9)10)29-30-24-18(13-27)21(25(5,6)7)31-33(24)17(4)35/h11-12H,28H2,1-10H3/b30-29+. The number of carbonyl (C=O) groups is 1. The SMILES string of the molecule is CC(=O)n1nc(C(C)(C)C)c(C#N)c1/N=N/c1c(C(C)(C)C)nn(-c2c(C)cc(C)cc2C)c1N. The third kappa shape index (κ3) is 4.74. The number of nitrogens with zero attached hydrogens (tertiary/aromatic N) is 7. The Kier molecular flexibility index (Phi) is 6.47. The summed E-state index contributed by atoms with van der Waals surface area (Å²) in [5.41, 5.74) is 11.6. The van der Waals surface area contributed by atoms with Crippen molar-refractivity contribution >= 4 is 23.2 Å². The molecule has 0 amide bonds. The first-order chi connectivity index (χ1) is 16.1. The molecule has 0 saturated heterocycles. The Hall–Kier alpha value is -3.80. The number of nitriles is 1. The van der Waals surface area contributed by atoms with Crippen LogP contribution >= 0.6 is 0 Å². The number of azo groups is 1. The number of benzene rings is 1. The van der Waals surface area contributed by atoms with Gasteiger partial charge in [-0.15, -0.1) is 10.2 Å². The zero-order chi connectivity index (χ0) is 26.5. The molecule has 0 fully saturated rings. The lowest BCUT2D eigenvalue weighted by atomic mass is 9.90. The Morgan fingerprint density at radius 1 is 0.971 bits per heavy atom. The number of aromatic nitrogens is 4. The van der Waals surface area contributed by atoms with Gasteiger partial charge in [0.1, 0.15) is 11.6 Å². The molecule has 1 aromatic carbocycles. The van der Waals surface area contributed by atoms with Gasteiger partial charge in [0, 0.05) is 17.8 Å². The van der Waals surface area contributed by atoms with Gasteiger partial charge < -0.3 is 5.73 Å². The van der Waals surface area contributed by atoms with Gasteiger partial charge in [0.25, 0.3) is 0 Å². The minimum atomic E-state index is -0.461. The molecule has 2 heterocycles. The summed E-state index contributed by atoms with van der Waals surface area (Å²) in [5.74, 6) is 0.0494. The molecule has 2 N–H and O–H groups in total. The van der Waals surface area contributed by atoms with Crippen LogP contribution in [0.15, 0.2) is 22.4 Å². The maximum Gasteiger partial charge on any atom is 0.245 e. The van der Waals surface area contributed by atoms with Crippen LogP contribution in [0.4, 0.5) is 17.3 Å². The van der Waals surface area contributed by atoms with E-state index in [2.05, 4.69) is 33.5 Å². The van der Waals surface area contributed by atoms with Crippen molar-refractivity contribution < 1.29 is 4.79 Å². The molecular weight excluding hydrogens is 440 g/mol. The predicted octanol–water partition coefficient (Wildman–Crippen LogP) is 6.12. The second-order valence-corrected chi connectivity index (χ2v) is 11.0. The van der Waals surface area contributed by atoms with E-state index in [1.165, 1.54) is 6.92 Å². The quantitative estimate of drug-likeness (QED) is 0.457. The third-order valence-electron chi connectivity index (χ3n) is 5.68. The van der Waals surface area contributed by atoms with Gasteiger partial charge in [-0.25, -0.2) is 4.68 Å². The Morgan fingerprint density at radius 2 is 1.51 bits per heavy atom. The highest BCUT2D eigenvalue weighted by atomic mass is 16.2. The molecule has 0 saturated carbocycles. The van der Waals surface area contributed by atoms with Gasteiger partial charge in [-0.05, 0) is 31.9 Å². The number of nitrogen functional groups attached to an aromatic ring is 1. The molecule has 0 aliphatic carbocycles. The fourth-order valence-corrected chi connectivity index (χ4v) is 4.15. The predicted molar refractivity (Wildman–Crippen MR) is 137 cm³/mol. The van der Waals surface area contributed by atoms with Crippen molar-refractivity contribution in [3.8, 4) is 11.8 Å². The van der Waals surface area contributed by atoms with Crippen molar-refractivity contribution in [2.75, 3.05) is 5.73 Å². The number of hydrogen-bond donors (Lipinski definition) is 1. The van der Waals surface area contributed by atoms with E-state index >= 15 is 0 Å². The van der Waals surface area contributed by atoms with Crippen LogP contribution < -0.4 is 5.73 Å². The topological polar surface area (TPSA) is 127 Å². The zero-order valence-electron chi connectivity index (χ0n) is 22.3. The van der Waals surface area contributed by atoms with E-state index in [1.54, 1.807) is 4.68 Å². The summed E-state index contributed by atoms with van der Waals surface area (Å²) in [6.07, 6.45) is 0. The van der Waals surface area contributed by atoms with Crippen LogP contribution in [0, 0.1) is 32.1 Å². The van der Waals surface area contributed by atoms with Crippen LogP contribution in [0.25, 0.3) is 5.69 Å². The second kappa shape index (κ2) is 8.77. The van der Waals surface area contributed by atoms with Crippen molar-refractivity contribution in [3.63, 3.8) is 0 Å². The molecule has 0 radical (unpaired) electrons. The average molecular weight is 475 g/mol. The van der Waals surface area contributed by atoms with E-state index in [4.69, 9.17) is 10.8 Å². The summed E-state index contributed by atoms with van der Waals surface area (Å²) in [7, 11) is 0. The highest BCUT2D eigenvalue weighted by Gasteiger charge is 2.30. The van der Waals surface area contributed by atoms with E-state index in [0.29, 0.717) is 22.9 Å². The summed E-state index contributed by atoms with van der Waals surface area (Å²) >= 11 is 0. The smallest absolute Gasteiger partial charge is 0.245 e. The van der Waals surface area contributed by atoms with Crippen LogP contribution in [-0.4, -0.2) is 25.5 Å². The summed E-state index contributed by atoms with van der Waals surface area (Å²) < 4.78 is 2.82. The molecule has 9 heteroatoms. The number of nitrogens with two attached hydrogens (primary N) is 1. The van der Waals surface area contributed by atoms with Crippen molar-refractivity contribution in [2.24, 2.45) is 10.2 Å². The fraction of sp³-hybridized carbons (Fsp3) is 0.462. The normalized spacial score (nSPS) is 12.4. The minimum absolute atomic E-state index is 0.0830. The molecule has 9 nitrogen and oxygen atoms in total. The molecule has 0 aliphatic rings. The maximum atomic E-state index is 12.3. The summed E-state index contributed by atoms with van der Waals surface area (Å²) in [5, 5.41) is 27.9. The molecular formula is C26H34N8O. The van der Waals surface area contributed by atoms with Crippen molar-refractivity contribution in [1.82, 2.24) is 19.6 Å². The van der Waals surface area contributed by atoms with Crippen molar-refractivity contribution in [3.05, 3.63) is 45.8 Å². The Balaban J connectivity index is 2.29. The van der Waals surface area contributed by atoms with Crippen molar-refractivity contribution in [1.29, 1.82) is 5.26 Å². The number of hydrogen-bond acceptors (Lipinski definition) is 7. The molecule has 35 heavy (non-hydrogen) atoms. The lowest BCUT2D eigenvalue weighted by Crippen LogP contribution is -2.15. The highest BCUT2D eigenvalue weighted by molar-refractivity contribution is 5.80. The molecule has 0 aliphatic heterocycles. The second-order valence-electron chi connectivity index (χ2n) is 11.0. The summed E-state index contributed by atoms with van der Waals surface area (Å²) in [6.45, 7) is 19.3. The lowest BCUT2D eigenvalue weighted by molar-refractivity contribution is 0.0922. The molecule has 3 rings (SSSR count). The number of carbonyl (C=O) groups excluding carboxylic acids is 1. The van der Waals surface area contributed by atoms with Gasteiger partial charge in [-0.3, -0.25) is 4.79 Å². The van der Waals surface area contributed by atoms with E-state index in [9.17, 15) is 10.1 Å². The first kappa shape index (κ1) is 25.8. The van der Waals surface area contributed by atoms with Gasteiger partial charge in [0.05, 0.1) is 17.1 Å². The van der Waals surface area contributed by atoms with E-state index < -0.39 is 10.8 Å². The number of rotatable bonds is 3. The Labute approximate surface area is 206 Å². The molecule has 2 aromatic heterocycles. The Bertz CT molecular complexity index is 1360. The maximum absolute atomic E-state index is 12.3. The highest BCUT2D eigenvalue weighted by Crippen LogP contribution is 2.40. The average Bonchev–Trinajstić information content (AvgIpc) is 3.23. The van der Waals surface area contributed by atoms with E-state index in [-0.39, 0.29) is 17.3 Å².